The highest BCUT2D eigenvalue weighted by Crippen LogP contribution is 2.15. The average Bonchev–Trinajstić information content (AvgIpc) is 2.29. The van der Waals surface area contributed by atoms with E-state index in [4.69, 9.17) is 9.84 Å². The summed E-state index contributed by atoms with van der Waals surface area (Å²) in [5.41, 5.74) is 0. The Morgan fingerprint density at radius 1 is 1.56 bits per heavy atom. The van der Waals surface area contributed by atoms with Crippen molar-refractivity contribution in [3.05, 3.63) is 0 Å². The maximum atomic E-state index is 11.8. The molecule has 16 heavy (non-hydrogen) atoms. The molecule has 94 valence electrons. The zero-order valence-corrected chi connectivity index (χ0v) is 9.87. The van der Waals surface area contributed by atoms with Gasteiger partial charge in [0.25, 0.3) is 0 Å². The summed E-state index contributed by atoms with van der Waals surface area (Å²) in [5.74, 6) is 0.451. The van der Waals surface area contributed by atoms with E-state index in [2.05, 4.69) is 17.6 Å². The van der Waals surface area contributed by atoms with Crippen LogP contribution in [0.25, 0.3) is 0 Å². The predicted molar refractivity (Wildman–Crippen MR) is 61.1 cm³/mol. The first-order valence-electron chi connectivity index (χ1n) is 5.95. The predicted octanol–water partition coefficient (Wildman–Crippen LogP) is -0.500. The van der Waals surface area contributed by atoms with E-state index >= 15 is 0 Å². The van der Waals surface area contributed by atoms with Gasteiger partial charge in [0.2, 0.25) is 5.91 Å². The highest BCUT2D eigenvalue weighted by atomic mass is 16.5. The molecule has 2 unspecified atom stereocenters. The van der Waals surface area contributed by atoms with Gasteiger partial charge in [0, 0.05) is 6.54 Å². The van der Waals surface area contributed by atoms with Crippen LogP contribution in [0.3, 0.4) is 0 Å². The number of amides is 1. The molecule has 1 saturated heterocycles. The Balaban J connectivity index is 2.13. The van der Waals surface area contributed by atoms with Crippen LogP contribution < -0.4 is 10.6 Å². The van der Waals surface area contributed by atoms with Crippen LogP contribution in [0.2, 0.25) is 0 Å². The molecule has 1 aliphatic rings. The van der Waals surface area contributed by atoms with Crippen LogP contribution >= 0.6 is 0 Å². The second-order valence-electron chi connectivity index (χ2n) is 4.18. The number of carbonyl (C=O) groups is 1. The van der Waals surface area contributed by atoms with Crippen molar-refractivity contribution in [2.24, 2.45) is 5.92 Å². The minimum Gasteiger partial charge on any atom is -0.394 e. The molecule has 0 aromatic rings. The third kappa shape index (κ3) is 4.47. The van der Waals surface area contributed by atoms with Gasteiger partial charge in [0.05, 0.1) is 25.9 Å². The van der Waals surface area contributed by atoms with Crippen molar-refractivity contribution < 1.29 is 14.6 Å². The van der Waals surface area contributed by atoms with Crippen molar-refractivity contribution in [2.75, 3.05) is 32.9 Å². The zero-order valence-electron chi connectivity index (χ0n) is 9.87. The highest BCUT2D eigenvalue weighted by Gasteiger charge is 2.26. The molecular weight excluding hydrogens is 208 g/mol. The van der Waals surface area contributed by atoms with Crippen LogP contribution in [0.15, 0.2) is 0 Å². The lowest BCUT2D eigenvalue weighted by atomic mass is 9.92. The van der Waals surface area contributed by atoms with Gasteiger partial charge >= 0.3 is 0 Å². The Morgan fingerprint density at radius 3 is 3.06 bits per heavy atom. The summed E-state index contributed by atoms with van der Waals surface area (Å²) >= 11 is 0. The molecule has 0 saturated carbocycles. The Morgan fingerprint density at radius 2 is 2.38 bits per heavy atom. The number of nitrogens with one attached hydrogen (secondary N) is 2. The lowest BCUT2D eigenvalue weighted by molar-refractivity contribution is -0.125. The Hall–Kier alpha value is -0.650. The maximum absolute atomic E-state index is 11.8. The molecule has 0 spiro atoms. The number of aliphatic hydroxyl groups excluding tert-OH is 1. The van der Waals surface area contributed by atoms with E-state index in [-0.39, 0.29) is 18.6 Å². The van der Waals surface area contributed by atoms with Crippen molar-refractivity contribution in [1.29, 1.82) is 0 Å². The molecule has 2 atom stereocenters. The van der Waals surface area contributed by atoms with E-state index in [0.717, 1.165) is 19.4 Å². The van der Waals surface area contributed by atoms with E-state index in [1.807, 2.05) is 0 Å². The van der Waals surface area contributed by atoms with Gasteiger partial charge in [0.1, 0.15) is 0 Å². The third-order valence-corrected chi connectivity index (χ3v) is 2.83. The van der Waals surface area contributed by atoms with Crippen molar-refractivity contribution in [2.45, 2.75) is 25.8 Å². The first-order chi connectivity index (χ1) is 7.75. The van der Waals surface area contributed by atoms with Gasteiger partial charge in [-0.3, -0.25) is 4.79 Å². The summed E-state index contributed by atoms with van der Waals surface area (Å²) in [5, 5.41) is 14.6. The Labute approximate surface area is 96.6 Å². The minimum absolute atomic E-state index is 0.0230. The lowest BCUT2D eigenvalue weighted by Gasteiger charge is -2.28. The van der Waals surface area contributed by atoms with Crippen LogP contribution in [0.1, 0.15) is 19.8 Å². The first-order valence-corrected chi connectivity index (χ1v) is 5.95. The summed E-state index contributed by atoms with van der Waals surface area (Å²) in [6.07, 6.45) is 2.25. The van der Waals surface area contributed by atoms with Crippen LogP contribution in [-0.2, 0) is 9.53 Å². The van der Waals surface area contributed by atoms with E-state index in [1.165, 1.54) is 0 Å². The zero-order chi connectivity index (χ0) is 11.8. The first kappa shape index (κ1) is 13.4. The van der Waals surface area contributed by atoms with Crippen molar-refractivity contribution in [3.63, 3.8) is 0 Å². The van der Waals surface area contributed by atoms with E-state index in [9.17, 15) is 4.79 Å². The highest BCUT2D eigenvalue weighted by molar-refractivity contribution is 5.82. The average molecular weight is 230 g/mol. The largest absolute Gasteiger partial charge is 0.394 e. The molecule has 1 amide bonds. The minimum atomic E-state index is -0.0633. The fourth-order valence-corrected chi connectivity index (χ4v) is 1.92. The summed E-state index contributed by atoms with van der Waals surface area (Å²) in [7, 11) is 0. The van der Waals surface area contributed by atoms with E-state index in [1.54, 1.807) is 0 Å². The molecular formula is C11H22N2O3. The van der Waals surface area contributed by atoms with Gasteiger partial charge in [-0.15, -0.1) is 0 Å². The standard InChI is InChI=1S/C11H22N2O3/c1-9-3-2-4-12-10(9)11(15)13-5-7-16-8-6-14/h9-10,12,14H,2-8H2,1H3,(H,13,15). The van der Waals surface area contributed by atoms with Crippen LogP contribution in [0, 0.1) is 5.92 Å². The second-order valence-corrected chi connectivity index (χ2v) is 4.18. The fourth-order valence-electron chi connectivity index (χ4n) is 1.92. The third-order valence-electron chi connectivity index (χ3n) is 2.83. The smallest absolute Gasteiger partial charge is 0.237 e. The van der Waals surface area contributed by atoms with E-state index < -0.39 is 0 Å². The number of piperidine rings is 1. The van der Waals surface area contributed by atoms with Gasteiger partial charge in [0.15, 0.2) is 0 Å². The molecule has 0 aromatic carbocycles. The number of hydrogen-bond acceptors (Lipinski definition) is 4. The second kappa shape index (κ2) is 7.60. The summed E-state index contributed by atoms with van der Waals surface area (Å²) in [4.78, 5) is 11.8. The van der Waals surface area contributed by atoms with Crippen molar-refractivity contribution >= 4 is 5.91 Å². The molecule has 5 nitrogen and oxygen atoms in total. The van der Waals surface area contributed by atoms with Gasteiger partial charge in [-0.1, -0.05) is 6.92 Å². The lowest BCUT2D eigenvalue weighted by Crippen LogP contribution is -2.51. The fraction of sp³-hybridized carbons (Fsp3) is 0.909. The molecule has 0 bridgehead atoms. The molecule has 5 heteroatoms. The number of rotatable bonds is 6. The molecule has 1 fully saturated rings. The van der Waals surface area contributed by atoms with Crippen LogP contribution in [-0.4, -0.2) is 50.0 Å². The van der Waals surface area contributed by atoms with Crippen LogP contribution in [0.5, 0.6) is 0 Å². The molecule has 0 radical (unpaired) electrons. The maximum Gasteiger partial charge on any atom is 0.237 e. The molecule has 1 heterocycles. The van der Waals surface area contributed by atoms with Gasteiger partial charge in [-0.2, -0.15) is 0 Å². The summed E-state index contributed by atoms with van der Waals surface area (Å²) < 4.78 is 5.06. The SMILES string of the molecule is CC1CCCNC1C(=O)NCCOCCO. The topological polar surface area (TPSA) is 70.6 Å². The Bertz CT molecular complexity index is 211. The van der Waals surface area contributed by atoms with Gasteiger partial charge in [-0.25, -0.2) is 0 Å². The summed E-state index contributed by atoms with van der Waals surface area (Å²) in [6, 6.07) is -0.0633. The van der Waals surface area contributed by atoms with Gasteiger partial charge in [-0.05, 0) is 25.3 Å². The Kier molecular flexibility index (Phi) is 6.37. The number of carbonyl (C=O) groups excluding carboxylic acids is 1. The van der Waals surface area contributed by atoms with Crippen LogP contribution in [0.4, 0.5) is 0 Å². The quantitative estimate of drug-likeness (QED) is 0.538. The molecule has 0 aromatic heterocycles. The van der Waals surface area contributed by atoms with Crippen molar-refractivity contribution in [1.82, 2.24) is 10.6 Å². The number of aliphatic hydroxyl groups is 1. The number of hydrogen-bond donors (Lipinski definition) is 3. The number of ether oxygens (including phenoxy) is 1. The monoisotopic (exact) mass is 230 g/mol. The molecule has 0 aliphatic carbocycles. The molecule has 3 N–H and O–H groups in total. The summed E-state index contributed by atoms with van der Waals surface area (Å²) in [6.45, 7) is 4.32. The molecule has 1 aliphatic heterocycles. The van der Waals surface area contributed by atoms with Crippen molar-refractivity contribution in [3.8, 4) is 0 Å². The molecule has 1 rings (SSSR count). The normalized spacial score (nSPS) is 25.4. The van der Waals surface area contributed by atoms with E-state index in [0.29, 0.717) is 25.7 Å². The van der Waals surface area contributed by atoms with Gasteiger partial charge < -0.3 is 20.5 Å².